The predicted molar refractivity (Wildman–Crippen MR) is 129 cm³/mol. The van der Waals surface area contributed by atoms with Gasteiger partial charge in [0.05, 0.1) is 16.5 Å². The summed E-state index contributed by atoms with van der Waals surface area (Å²) < 4.78 is 12.5. The molecule has 0 spiro atoms. The molecule has 1 aromatic carbocycles. The molecule has 0 saturated carbocycles. The van der Waals surface area contributed by atoms with Gasteiger partial charge in [-0.15, -0.1) is 0 Å². The minimum atomic E-state index is -1.00. The van der Waals surface area contributed by atoms with Crippen LogP contribution in [0.2, 0.25) is 5.02 Å². The molecule has 2 saturated heterocycles. The second-order valence-corrected chi connectivity index (χ2v) is 9.68. The molecule has 0 radical (unpaired) electrons. The van der Waals surface area contributed by atoms with Crippen molar-refractivity contribution in [1.82, 2.24) is 15.3 Å². The van der Waals surface area contributed by atoms with Gasteiger partial charge in [-0.3, -0.25) is 4.21 Å². The first-order valence-electron chi connectivity index (χ1n) is 11.2. The van der Waals surface area contributed by atoms with Gasteiger partial charge in [0, 0.05) is 61.6 Å². The highest BCUT2D eigenvalue weighted by Gasteiger charge is 2.29. The maximum absolute atomic E-state index is 12.5. The van der Waals surface area contributed by atoms with Crippen LogP contribution in [0.5, 0.6) is 0 Å². The Kier molecular flexibility index (Phi) is 7.30. The van der Waals surface area contributed by atoms with Crippen LogP contribution in [-0.4, -0.2) is 65.2 Å². The van der Waals surface area contributed by atoms with Crippen LogP contribution in [0.4, 0.5) is 17.5 Å². The van der Waals surface area contributed by atoms with Crippen molar-refractivity contribution < 1.29 is 4.21 Å². The van der Waals surface area contributed by atoms with Crippen LogP contribution >= 0.6 is 11.6 Å². The molecule has 9 heteroatoms. The van der Waals surface area contributed by atoms with Crippen LogP contribution in [-0.2, 0) is 17.2 Å². The number of benzene rings is 1. The Bertz CT molecular complexity index is 911. The third-order valence-electron chi connectivity index (χ3n) is 5.83. The van der Waals surface area contributed by atoms with Crippen LogP contribution in [0.15, 0.2) is 29.2 Å². The van der Waals surface area contributed by atoms with E-state index in [1.807, 2.05) is 26.0 Å². The Labute approximate surface area is 192 Å². The lowest BCUT2D eigenvalue weighted by Gasteiger charge is -2.36. The van der Waals surface area contributed by atoms with Crippen molar-refractivity contribution in [3.63, 3.8) is 0 Å². The van der Waals surface area contributed by atoms with E-state index in [-0.39, 0.29) is 0 Å². The SMILES string of the molecule is CC.O=S1CCc2nc(N3CCN(c4ccc(Cl)cc4)CC3)nc(NC3CCNC3)c21. The van der Waals surface area contributed by atoms with Gasteiger partial charge in [0.25, 0.3) is 0 Å². The zero-order valence-electron chi connectivity index (χ0n) is 18.2. The third kappa shape index (κ3) is 4.96. The summed E-state index contributed by atoms with van der Waals surface area (Å²) >= 11 is 6.01. The zero-order valence-corrected chi connectivity index (χ0v) is 19.8. The van der Waals surface area contributed by atoms with E-state index in [1.165, 1.54) is 5.69 Å². The van der Waals surface area contributed by atoms with Gasteiger partial charge in [-0.2, -0.15) is 4.98 Å². The number of rotatable bonds is 4. The second-order valence-electron chi connectivity index (χ2n) is 7.73. The van der Waals surface area contributed by atoms with Gasteiger partial charge in [-0.1, -0.05) is 25.4 Å². The molecular formula is C22H31ClN6OS. The van der Waals surface area contributed by atoms with Gasteiger partial charge >= 0.3 is 0 Å². The lowest BCUT2D eigenvalue weighted by Crippen LogP contribution is -2.47. The Morgan fingerprint density at radius 1 is 1.10 bits per heavy atom. The van der Waals surface area contributed by atoms with Crippen molar-refractivity contribution in [1.29, 1.82) is 0 Å². The third-order valence-corrected chi connectivity index (χ3v) is 7.54. The second kappa shape index (κ2) is 10.1. The van der Waals surface area contributed by atoms with E-state index in [1.54, 1.807) is 0 Å². The Morgan fingerprint density at radius 2 is 1.81 bits per heavy atom. The Hall–Kier alpha value is -1.90. The molecule has 7 nitrogen and oxygen atoms in total. The standard InChI is InChI=1S/C20H25ClN6OS.C2H6/c21-14-1-3-16(4-2-14)26-8-10-27(11-9-26)20-24-17-6-12-29(28)18(17)19(25-20)23-15-5-7-22-13-15;1-2/h1-4,15,22H,5-13H2,(H,23,24,25);1-2H3. The molecule has 2 unspecified atom stereocenters. The summed E-state index contributed by atoms with van der Waals surface area (Å²) in [4.78, 5) is 15.1. The first kappa shape index (κ1) is 22.3. The molecular weight excluding hydrogens is 432 g/mol. The number of anilines is 3. The van der Waals surface area contributed by atoms with Crippen molar-refractivity contribution in [2.45, 2.75) is 37.6 Å². The summed E-state index contributed by atoms with van der Waals surface area (Å²) in [6, 6.07) is 8.33. The van der Waals surface area contributed by atoms with Crippen molar-refractivity contribution in [2.75, 3.05) is 60.1 Å². The first-order valence-corrected chi connectivity index (χ1v) is 12.9. The van der Waals surface area contributed by atoms with Crippen molar-refractivity contribution >= 4 is 39.9 Å². The lowest BCUT2D eigenvalue weighted by molar-refractivity contribution is 0.637. The summed E-state index contributed by atoms with van der Waals surface area (Å²) in [5.74, 6) is 2.18. The van der Waals surface area contributed by atoms with E-state index in [4.69, 9.17) is 21.6 Å². The number of fused-ring (bicyclic) bond motifs is 1. The van der Waals surface area contributed by atoms with E-state index in [2.05, 4.69) is 32.6 Å². The van der Waals surface area contributed by atoms with Gasteiger partial charge in [-0.25, -0.2) is 4.98 Å². The first-order chi connectivity index (χ1) is 15.2. The van der Waals surface area contributed by atoms with Crippen LogP contribution in [0.25, 0.3) is 0 Å². The predicted octanol–water partition coefficient (Wildman–Crippen LogP) is 2.92. The Morgan fingerprint density at radius 3 is 2.48 bits per heavy atom. The molecule has 0 amide bonds. The smallest absolute Gasteiger partial charge is 0.227 e. The fourth-order valence-corrected chi connectivity index (χ4v) is 5.65. The van der Waals surface area contributed by atoms with Gasteiger partial charge in [0.2, 0.25) is 5.95 Å². The highest BCUT2D eigenvalue weighted by atomic mass is 35.5. The molecule has 4 heterocycles. The summed E-state index contributed by atoms with van der Waals surface area (Å²) in [5, 5.41) is 7.66. The largest absolute Gasteiger partial charge is 0.368 e. The summed E-state index contributed by atoms with van der Waals surface area (Å²) in [6.45, 7) is 9.45. The molecule has 2 fully saturated rings. The quantitative estimate of drug-likeness (QED) is 0.723. The molecule has 1 aromatic heterocycles. The number of aryl methyl sites for hydroxylation is 1. The van der Waals surface area contributed by atoms with Crippen molar-refractivity contribution in [3.05, 3.63) is 35.0 Å². The summed E-state index contributed by atoms with van der Waals surface area (Å²) in [7, 11) is -1.00. The minimum absolute atomic E-state index is 0.334. The fourth-order valence-electron chi connectivity index (χ4n) is 4.21. The molecule has 168 valence electrons. The van der Waals surface area contributed by atoms with Gasteiger partial charge < -0.3 is 20.4 Å². The molecule has 31 heavy (non-hydrogen) atoms. The molecule has 2 aromatic rings. The maximum atomic E-state index is 12.5. The number of nitrogens with zero attached hydrogens (tertiary/aromatic N) is 4. The molecule has 0 aliphatic carbocycles. The topological polar surface area (TPSA) is 73.4 Å². The van der Waals surface area contributed by atoms with E-state index in [9.17, 15) is 4.21 Å². The summed E-state index contributed by atoms with van der Waals surface area (Å²) in [6.07, 6.45) is 1.82. The van der Waals surface area contributed by atoms with Gasteiger partial charge in [0.15, 0.2) is 0 Å². The average molecular weight is 463 g/mol. The van der Waals surface area contributed by atoms with E-state index >= 15 is 0 Å². The normalized spacial score (nSPS) is 22.7. The summed E-state index contributed by atoms with van der Waals surface area (Å²) in [5.41, 5.74) is 2.14. The molecule has 3 aliphatic heterocycles. The Balaban J connectivity index is 0.00000112. The maximum Gasteiger partial charge on any atom is 0.227 e. The van der Waals surface area contributed by atoms with Crippen LogP contribution < -0.4 is 20.4 Å². The lowest BCUT2D eigenvalue weighted by atomic mass is 10.2. The molecule has 5 rings (SSSR count). The van der Waals surface area contributed by atoms with Crippen molar-refractivity contribution in [3.8, 4) is 0 Å². The van der Waals surface area contributed by atoms with E-state index < -0.39 is 10.8 Å². The number of nitrogens with one attached hydrogen (secondary N) is 2. The molecule has 2 atom stereocenters. The highest BCUT2D eigenvalue weighted by molar-refractivity contribution is 7.85. The van der Waals surface area contributed by atoms with Crippen LogP contribution in [0, 0.1) is 0 Å². The van der Waals surface area contributed by atoms with Crippen LogP contribution in [0.3, 0.4) is 0 Å². The van der Waals surface area contributed by atoms with Crippen LogP contribution in [0.1, 0.15) is 26.0 Å². The molecule has 3 aliphatic rings. The number of aromatic nitrogens is 2. The highest BCUT2D eigenvalue weighted by Crippen LogP contribution is 2.31. The van der Waals surface area contributed by atoms with Crippen molar-refractivity contribution in [2.24, 2.45) is 0 Å². The number of piperazine rings is 1. The molecule has 2 N–H and O–H groups in total. The van der Waals surface area contributed by atoms with Gasteiger partial charge in [0.1, 0.15) is 10.7 Å². The number of hydrogen-bond acceptors (Lipinski definition) is 7. The van der Waals surface area contributed by atoms with Gasteiger partial charge in [-0.05, 0) is 37.2 Å². The fraction of sp³-hybridized carbons (Fsp3) is 0.545. The average Bonchev–Trinajstić information content (AvgIpc) is 3.46. The monoisotopic (exact) mass is 462 g/mol. The molecule has 0 bridgehead atoms. The minimum Gasteiger partial charge on any atom is -0.368 e. The number of halogens is 1. The van der Waals surface area contributed by atoms with E-state index in [0.717, 1.165) is 79.5 Å². The number of hydrogen-bond donors (Lipinski definition) is 2. The van der Waals surface area contributed by atoms with E-state index in [0.29, 0.717) is 11.8 Å². The zero-order chi connectivity index (χ0) is 21.8.